The highest BCUT2D eigenvalue weighted by molar-refractivity contribution is 6.30. The number of benzene rings is 3. The van der Waals surface area contributed by atoms with Gasteiger partial charge in [0.2, 0.25) is 0 Å². The van der Waals surface area contributed by atoms with Crippen LogP contribution in [0.3, 0.4) is 0 Å². The summed E-state index contributed by atoms with van der Waals surface area (Å²) in [5.41, 5.74) is 3.33. The molecule has 156 valence electrons. The van der Waals surface area contributed by atoms with Crippen molar-refractivity contribution >= 4 is 28.5 Å². The van der Waals surface area contributed by atoms with E-state index in [1.807, 2.05) is 55.5 Å². The van der Waals surface area contributed by atoms with E-state index in [0.717, 1.165) is 16.7 Å². The second kappa shape index (κ2) is 9.06. The van der Waals surface area contributed by atoms with Crippen LogP contribution in [-0.2, 0) is 11.3 Å². The molecule has 0 aliphatic carbocycles. The molecule has 0 aliphatic rings. The van der Waals surface area contributed by atoms with Crippen molar-refractivity contribution in [2.75, 3.05) is 6.61 Å². The van der Waals surface area contributed by atoms with Crippen molar-refractivity contribution in [3.63, 3.8) is 0 Å². The molecule has 4 aromatic rings. The number of aryl methyl sites for hydroxylation is 1. The van der Waals surface area contributed by atoms with Gasteiger partial charge in [-0.05, 0) is 47.9 Å². The van der Waals surface area contributed by atoms with Crippen molar-refractivity contribution < 1.29 is 13.9 Å². The molecule has 0 saturated carbocycles. The van der Waals surface area contributed by atoms with Crippen LogP contribution in [0, 0.1) is 6.92 Å². The fraction of sp³-hybridized carbons (Fsp3) is 0.120. The third-order valence-corrected chi connectivity index (χ3v) is 5.05. The summed E-state index contributed by atoms with van der Waals surface area (Å²) in [6.45, 7) is 2.08. The van der Waals surface area contributed by atoms with Gasteiger partial charge in [-0.1, -0.05) is 54.1 Å². The highest BCUT2D eigenvalue weighted by Crippen LogP contribution is 2.35. The molecule has 1 N–H and O–H groups in total. The minimum Gasteiger partial charge on any atom is -0.483 e. The van der Waals surface area contributed by atoms with Crippen LogP contribution in [0.1, 0.15) is 11.1 Å². The van der Waals surface area contributed by atoms with Gasteiger partial charge in [0.25, 0.3) is 5.91 Å². The molecule has 0 bridgehead atoms. The summed E-state index contributed by atoms with van der Waals surface area (Å²) in [4.78, 5) is 24.5. The predicted molar refractivity (Wildman–Crippen MR) is 121 cm³/mol. The Kier molecular flexibility index (Phi) is 6.05. The van der Waals surface area contributed by atoms with Gasteiger partial charge in [0.15, 0.2) is 6.61 Å². The minimum atomic E-state index is -0.441. The number of hydrogen-bond donors (Lipinski definition) is 1. The van der Waals surface area contributed by atoms with Gasteiger partial charge in [-0.15, -0.1) is 0 Å². The lowest BCUT2D eigenvalue weighted by Gasteiger charge is -2.13. The quantitative estimate of drug-likeness (QED) is 0.429. The van der Waals surface area contributed by atoms with Crippen molar-refractivity contribution in [2.45, 2.75) is 13.5 Å². The first-order valence-corrected chi connectivity index (χ1v) is 10.2. The molecule has 0 fully saturated rings. The van der Waals surface area contributed by atoms with E-state index in [9.17, 15) is 9.59 Å². The molecular weight excluding hydrogens is 414 g/mol. The number of halogens is 1. The maximum Gasteiger partial charge on any atom is 0.336 e. The second-order valence-electron chi connectivity index (χ2n) is 7.17. The van der Waals surface area contributed by atoms with Crippen molar-refractivity contribution in [1.29, 1.82) is 0 Å². The average Bonchev–Trinajstić information content (AvgIpc) is 2.76. The van der Waals surface area contributed by atoms with Crippen LogP contribution < -0.4 is 15.7 Å². The molecule has 31 heavy (non-hydrogen) atoms. The van der Waals surface area contributed by atoms with Gasteiger partial charge < -0.3 is 14.5 Å². The van der Waals surface area contributed by atoms with Gasteiger partial charge in [-0.2, -0.15) is 0 Å². The van der Waals surface area contributed by atoms with E-state index in [0.29, 0.717) is 33.8 Å². The van der Waals surface area contributed by atoms with E-state index in [-0.39, 0.29) is 12.5 Å². The van der Waals surface area contributed by atoms with Crippen LogP contribution in [0.4, 0.5) is 0 Å². The highest BCUT2D eigenvalue weighted by atomic mass is 35.5. The number of carbonyl (C=O) groups excluding carboxylic acids is 1. The molecule has 0 aliphatic heterocycles. The van der Waals surface area contributed by atoms with Crippen LogP contribution in [0.2, 0.25) is 5.02 Å². The van der Waals surface area contributed by atoms with Gasteiger partial charge in [0.1, 0.15) is 11.3 Å². The summed E-state index contributed by atoms with van der Waals surface area (Å²) < 4.78 is 11.3. The number of carbonyl (C=O) groups is 1. The zero-order chi connectivity index (χ0) is 21.8. The molecule has 0 atom stereocenters. The lowest BCUT2D eigenvalue weighted by atomic mass is 10.0. The fourth-order valence-corrected chi connectivity index (χ4v) is 3.48. The lowest BCUT2D eigenvalue weighted by molar-refractivity contribution is -0.123. The van der Waals surface area contributed by atoms with Crippen molar-refractivity contribution in [2.24, 2.45) is 0 Å². The van der Waals surface area contributed by atoms with Crippen LogP contribution in [-0.4, -0.2) is 12.5 Å². The summed E-state index contributed by atoms with van der Waals surface area (Å²) in [6, 6.07) is 21.9. The van der Waals surface area contributed by atoms with Crippen molar-refractivity contribution in [3.8, 4) is 16.9 Å². The van der Waals surface area contributed by atoms with Crippen LogP contribution in [0.5, 0.6) is 5.75 Å². The van der Waals surface area contributed by atoms with Crippen LogP contribution in [0.15, 0.2) is 82.0 Å². The SMILES string of the molecule is Cc1cc(OCC(=O)NCc2ccc(Cl)cc2)c2c(-c3ccccc3)cc(=O)oc2c1. The van der Waals surface area contributed by atoms with Crippen molar-refractivity contribution in [3.05, 3.63) is 99.4 Å². The van der Waals surface area contributed by atoms with Gasteiger partial charge in [-0.25, -0.2) is 4.79 Å². The molecule has 0 saturated heterocycles. The summed E-state index contributed by atoms with van der Waals surface area (Å²) in [6.07, 6.45) is 0. The molecule has 1 heterocycles. The fourth-order valence-electron chi connectivity index (χ4n) is 3.35. The first-order chi connectivity index (χ1) is 15.0. The van der Waals surface area contributed by atoms with Crippen LogP contribution in [0.25, 0.3) is 22.1 Å². The molecule has 3 aromatic carbocycles. The number of fused-ring (bicyclic) bond motifs is 1. The Hall–Kier alpha value is -3.57. The summed E-state index contributed by atoms with van der Waals surface area (Å²) in [7, 11) is 0. The molecule has 1 amide bonds. The smallest absolute Gasteiger partial charge is 0.336 e. The van der Waals surface area contributed by atoms with E-state index in [2.05, 4.69) is 5.32 Å². The molecule has 4 rings (SSSR count). The van der Waals surface area contributed by atoms with E-state index in [1.165, 1.54) is 6.07 Å². The normalized spacial score (nSPS) is 10.8. The number of nitrogens with one attached hydrogen (secondary N) is 1. The highest BCUT2D eigenvalue weighted by Gasteiger charge is 2.15. The maximum atomic E-state index is 12.4. The Morgan fingerprint density at radius 2 is 1.77 bits per heavy atom. The third-order valence-electron chi connectivity index (χ3n) is 4.80. The standard InChI is InChI=1S/C25H20ClNO4/c1-16-11-21(30-15-23(28)27-14-17-7-9-19(26)10-8-17)25-20(18-5-3-2-4-6-18)13-24(29)31-22(25)12-16/h2-13H,14-15H2,1H3,(H,27,28). The summed E-state index contributed by atoms with van der Waals surface area (Å²) >= 11 is 5.88. The Morgan fingerprint density at radius 3 is 2.52 bits per heavy atom. The van der Waals surface area contributed by atoms with Gasteiger partial charge >= 0.3 is 5.63 Å². The Bertz CT molecular complexity index is 1280. The Labute approximate surface area is 184 Å². The zero-order valence-corrected chi connectivity index (χ0v) is 17.6. The third kappa shape index (κ3) is 4.95. The van der Waals surface area contributed by atoms with E-state index in [1.54, 1.807) is 18.2 Å². The van der Waals surface area contributed by atoms with Crippen LogP contribution >= 0.6 is 11.6 Å². The lowest BCUT2D eigenvalue weighted by Crippen LogP contribution is -2.28. The maximum absolute atomic E-state index is 12.4. The monoisotopic (exact) mass is 433 g/mol. The number of hydrogen-bond acceptors (Lipinski definition) is 4. The number of rotatable bonds is 6. The number of amides is 1. The summed E-state index contributed by atoms with van der Waals surface area (Å²) in [5, 5.41) is 4.12. The average molecular weight is 434 g/mol. The molecule has 0 spiro atoms. The largest absolute Gasteiger partial charge is 0.483 e. The van der Waals surface area contributed by atoms with Gasteiger partial charge in [-0.3, -0.25) is 4.79 Å². The topological polar surface area (TPSA) is 68.5 Å². The zero-order valence-electron chi connectivity index (χ0n) is 16.9. The van der Waals surface area contributed by atoms with E-state index in [4.69, 9.17) is 20.8 Å². The van der Waals surface area contributed by atoms with E-state index < -0.39 is 5.63 Å². The molecular formula is C25H20ClNO4. The number of ether oxygens (including phenoxy) is 1. The summed E-state index contributed by atoms with van der Waals surface area (Å²) in [5.74, 6) is 0.225. The molecule has 1 aromatic heterocycles. The second-order valence-corrected chi connectivity index (χ2v) is 7.61. The molecule has 0 unspecified atom stereocenters. The molecule has 5 nitrogen and oxygen atoms in total. The predicted octanol–water partition coefficient (Wildman–Crippen LogP) is 5.12. The van der Waals surface area contributed by atoms with Crippen molar-refractivity contribution in [1.82, 2.24) is 5.32 Å². The minimum absolute atomic E-state index is 0.167. The van der Waals surface area contributed by atoms with E-state index >= 15 is 0 Å². The first kappa shape index (κ1) is 20.7. The van der Waals surface area contributed by atoms with Gasteiger partial charge in [0.05, 0.1) is 5.39 Å². The first-order valence-electron chi connectivity index (χ1n) is 9.77. The van der Waals surface area contributed by atoms with Gasteiger partial charge in [0, 0.05) is 23.2 Å². The molecule has 6 heteroatoms. The molecule has 0 radical (unpaired) electrons. The Morgan fingerprint density at radius 1 is 1.03 bits per heavy atom. The Balaban J connectivity index is 1.59.